The van der Waals surface area contributed by atoms with E-state index in [1.165, 1.54) is 7.11 Å². The van der Waals surface area contributed by atoms with Crippen LogP contribution in [0.1, 0.15) is 64.7 Å². The summed E-state index contributed by atoms with van der Waals surface area (Å²) < 4.78 is 4.94. The number of carbonyl (C=O) groups excluding carboxylic acids is 2. The van der Waals surface area contributed by atoms with Crippen molar-refractivity contribution in [3.8, 4) is 0 Å². The third-order valence-corrected chi connectivity index (χ3v) is 4.25. The molecule has 0 aromatic carbocycles. The third-order valence-electron chi connectivity index (χ3n) is 4.25. The maximum absolute atomic E-state index is 12.1. The first kappa shape index (κ1) is 17.7. The predicted octanol–water partition coefficient (Wildman–Crippen LogP) is 4.09. The number of hydrogen-bond donors (Lipinski definition) is 0. The van der Waals surface area contributed by atoms with Gasteiger partial charge in [-0.2, -0.15) is 0 Å². The molecule has 120 valence electrons. The van der Waals surface area contributed by atoms with Gasteiger partial charge in [0.05, 0.1) is 7.11 Å². The Balaban J connectivity index is 2.61. The number of unbranched alkanes of at least 4 members (excludes halogenated alkanes) is 1. The van der Waals surface area contributed by atoms with E-state index in [9.17, 15) is 9.59 Å². The van der Waals surface area contributed by atoms with Crippen LogP contribution in [-0.4, -0.2) is 36.0 Å². The Labute approximate surface area is 128 Å². The van der Waals surface area contributed by atoms with Crippen molar-refractivity contribution in [2.45, 2.75) is 76.8 Å². The van der Waals surface area contributed by atoms with Gasteiger partial charge >= 0.3 is 6.09 Å². The van der Waals surface area contributed by atoms with Crippen LogP contribution in [0.15, 0.2) is 12.7 Å². The molecular formula is C17H29NO3. The van der Waals surface area contributed by atoms with Gasteiger partial charge in [0.15, 0.2) is 0 Å². The van der Waals surface area contributed by atoms with Crippen molar-refractivity contribution in [1.29, 1.82) is 0 Å². The number of piperidine rings is 1. The lowest BCUT2D eigenvalue weighted by atomic mass is 9.90. The van der Waals surface area contributed by atoms with Gasteiger partial charge in [-0.25, -0.2) is 4.79 Å². The fourth-order valence-electron chi connectivity index (χ4n) is 3.10. The van der Waals surface area contributed by atoms with Gasteiger partial charge in [-0.15, -0.1) is 6.58 Å². The lowest BCUT2D eigenvalue weighted by molar-refractivity contribution is -0.119. The molecule has 0 radical (unpaired) electrons. The molecule has 0 aromatic heterocycles. The number of methoxy groups -OCH3 is 1. The zero-order valence-electron chi connectivity index (χ0n) is 13.5. The van der Waals surface area contributed by atoms with Gasteiger partial charge < -0.3 is 9.64 Å². The highest BCUT2D eigenvalue weighted by atomic mass is 16.5. The number of ketones is 1. The van der Waals surface area contributed by atoms with Crippen molar-refractivity contribution in [2.24, 2.45) is 0 Å². The van der Waals surface area contributed by atoms with E-state index in [4.69, 9.17) is 4.74 Å². The Morgan fingerprint density at radius 2 is 2.00 bits per heavy atom. The standard InChI is InChI=1S/C17H29NO3/c1-4-6-11-16(19)13-12-15-10-7-9-14(8-5-2)18(15)17(20)21-3/h5,14-15H,2,4,6-13H2,1,3H3/t14-,15-/m1/s1. The van der Waals surface area contributed by atoms with E-state index in [0.717, 1.165) is 44.9 Å². The van der Waals surface area contributed by atoms with Crippen LogP contribution < -0.4 is 0 Å². The van der Waals surface area contributed by atoms with Gasteiger partial charge in [0.25, 0.3) is 0 Å². The van der Waals surface area contributed by atoms with E-state index in [1.54, 1.807) is 0 Å². The molecule has 1 aliphatic heterocycles. The fraction of sp³-hybridized carbons (Fsp3) is 0.765. The molecule has 1 fully saturated rings. The van der Waals surface area contributed by atoms with Crippen LogP contribution in [0, 0.1) is 0 Å². The summed E-state index contributed by atoms with van der Waals surface area (Å²) in [4.78, 5) is 25.8. The summed E-state index contributed by atoms with van der Waals surface area (Å²) in [5.74, 6) is 0.313. The number of hydrogen-bond acceptors (Lipinski definition) is 3. The lowest BCUT2D eigenvalue weighted by Gasteiger charge is -2.41. The number of rotatable bonds is 8. The topological polar surface area (TPSA) is 46.6 Å². The second-order valence-corrected chi connectivity index (χ2v) is 5.82. The Morgan fingerprint density at radius 1 is 1.29 bits per heavy atom. The number of carbonyl (C=O) groups is 2. The van der Waals surface area contributed by atoms with E-state index < -0.39 is 0 Å². The maximum Gasteiger partial charge on any atom is 0.409 e. The Bertz CT molecular complexity index is 354. The summed E-state index contributed by atoms with van der Waals surface area (Å²) in [7, 11) is 1.42. The van der Waals surface area contributed by atoms with Gasteiger partial charge in [-0.3, -0.25) is 4.79 Å². The van der Waals surface area contributed by atoms with E-state index >= 15 is 0 Å². The van der Waals surface area contributed by atoms with Crippen LogP contribution in [0.4, 0.5) is 4.79 Å². The number of Topliss-reactive ketones (excluding diaryl/α,β-unsaturated/α-hetero) is 1. The molecule has 0 N–H and O–H groups in total. The van der Waals surface area contributed by atoms with Gasteiger partial charge in [0.1, 0.15) is 5.78 Å². The van der Waals surface area contributed by atoms with Crippen molar-refractivity contribution in [2.75, 3.05) is 7.11 Å². The van der Waals surface area contributed by atoms with Gasteiger partial charge in [-0.05, 0) is 38.5 Å². The van der Waals surface area contributed by atoms with Gasteiger partial charge in [-0.1, -0.05) is 19.4 Å². The minimum absolute atomic E-state index is 0.127. The minimum atomic E-state index is -0.271. The molecule has 1 heterocycles. The minimum Gasteiger partial charge on any atom is -0.453 e. The van der Waals surface area contributed by atoms with E-state index in [2.05, 4.69) is 13.5 Å². The Hall–Kier alpha value is -1.32. The third kappa shape index (κ3) is 5.52. The normalized spacial score (nSPS) is 21.9. The summed E-state index contributed by atoms with van der Waals surface area (Å²) in [6.45, 7) is 5.87. The van der Waals surface area contributed by atoms with Crippen LogP contribution in [0.5, 0.6) is 0 Å². The zero-order valence-corrected chi connectivity index (χ0v) is 13.5. The molecule has 1 amide bonds. The maximum atomic E-state index is 12.1. The molecular weight excluding hydrogens is 266 g/mol. The fourth-order valence-corrected chi connectivity index (χ4v) is 3.10. The summed E-state index contributed by atoms with van der Waals surface area (Å²) in [5, 5.41) is 0. The van der Waals surface area contributed by atoms with Crippen LogP contribution in [0.3, 0.4) is 0 Å². The largest absolute Gasteiger partial charge is 0.453 e. The molecule has 0 spiro atoms. The highest BCUT2D eigenvalue weighted by Crippen LogP contribution is 2.28. The molecule has 1 rings (SSSR count). The average Bonchev–Trinajstić information content (AvgIpc) is 2.50. The Morgan fingerprint density at radius 3 is 2.62 bits per heavy atom. The molecule has 4 nitrogen and oxygen atoms in total. The first-order chi connectivity index (χ1) is 10.1. The lowest BCUT2D eigenvalue weighted by Crippen LogP contribution is -2.50. The average molecular weight is 295 g/mol. The summed E-state index contributed by atoms with van der Waals surface area (Å²) in [5.41, 5.74) is 0. The van der Waals surface area contributed by atoms with Crippen molar-refractivity contribution >= 4 is 11.9 Å². The molecule has 0 aromatic rings. The van der Waals surface area contributed by atoms with Crippen molar-refractivity contribution < 1.29 is 14.3 Å². The molecule has 1 saturated heterocycles. The second kappa shape index (κ2) is 9.59. The summed E-state index contributed by atoms with van der Waals surface area (Å²) >= 11 is 0. The molecule has 2 atom stereocenters. The zero-order chi connectivity index (χ0) is 15.7. The highest BCUT2D eigenvalue weighted by molar-refractivity contribution is 5.78. The van der Waals surface area contributed by atoms with Crippen LogP contribution in [-0.2, 0) is 9.53 Å². The molecule has 0 unspecified atom stereocenters. The van der Waals surface area contributed by atoms with E-state index in [0.29, 0.717) is 18.6 Å². The summed E-state index contributed by atoms with van der Waals surface area (Å²) in [6, 6.07) is 0.293. The first-order valence-corrected chi connectivity index (χ1v) is 8.12. The van der Waals surface area contributed by atoms with Crippen LogP contribution >= 0.6 is 0 Å². The second-order valence-electron chi connectivity index (χ2n) is 5.82. The van der Waals surface area contributed by atoms with Crippen molar-refractivity contribution in [3.05, 3.63) is 12.7 Å². The van der Waals surface area contributed by atoms with Gasteiger partial charge in [0, 0.05) is 24.9 Å². The summed E-state index contributed by atoms with van der Waals surface area (Å²) in [6.07, 6.45) is 9.42. The first-order valence-electron chi connectivity index (χ1n) is 8.12. The van der Waals surface area contributed by atoms with Gasteiger partial charge in [0.2, 0.25) is 0 Å². The molecule has 0 bridgehead atoms. The van der Waals surface area contributed by atoms with Crippen molar-refractivity contribution in [1.82, 2.24) is 4.90 Å². The molecule has 0 aliphatic carbocycles. The van der Waals surface area contributed by atoms with Crippen LogP contribution in [0.2, 0.25) is 0 Å². The van der Waals surface area contributed by atoms with E-state index in [-0.39, 0.29) is 18.2 Å². The predicted molar refractivity (Wildman–Crippen MR) is 84.3 cm³/mol. The molecule has 4 heteroatoms. The highest BCUT2D eigenvalue weighted by Gasteiger charge is 2.34. The monoisotopic (exact) mass is 295 g/mol. The Kier molecular flexibility index (Phi) is 8.09. The van der Waals surface area contributed by atoms with E-state index in [1.807, 2.05) is 11.0 Å². The molecule has 0 saturated carbocycles. The van der Waals surface area contributed by atoms with Crippen molar-refractivity contribution in [3.63, 3.8) is 0 Å². The van der Waals surface area contributed by atoms with Crippen LogP contribution in [0.25, 0.3) is 0 Å². The number of likely N-dealkylation sites (tertiary alicyclic amines) is 1. The smallest absolute Gasteiger partial charge is 0.409 e. The number of amides is 1. The molecule has 21 heavy (non-hydrogen) atoms. The SMILES string of the molecule is C=CC[C@@H]1CCC[C@H](CCC(=O)CCCC)N1C(=O)OC. The number of ether oxygens (including phenoxy) is 1. The quantitative estimate of drug-likeness (QED) is 0.634. The molecule has 1 aliphatic rings. The number of nitrogens with zero attached hydrogens (tertiary/aromatic N) is 1.